The molecule has 20 heavy (non-hydrogen) atoms. The minimum absolute atomic E-state index is 0.592. The maximum Gasteiger partial charge on any atom is 0.162 e. The van der Waals surface area contributed by atoms with Gasteiger partial charge in [0.2, 0.25) is 0 Å². The Labute approximate surface area is 127 Å². The first kappa shape index (κ1) is 17.1. The second kappa shape index (κ2) is 9.06. The van der Waals surface area contributed by atoms with Crippen molar-refractivity contribution >= 4 is 11.6 Å². The average molecular weight is 301 g/mol. The summed E-state index contributed by atoms with van der Waals surface area (Å²) in [5.41, 5.74) is 1.02. The molecule has 1 aromatic rings. The van der Waals surface area contributed by atoms with E-state index in [0.29, 0.717) is 17.4 Å². The van der Waals surface area contributed by atoms with Crippen LogP contribution in [0, 0.1) is 0 Å². The van der Waals surface area contributed by atoms with Crippen molar-refractivity contribution in [2.45, 2.75) is 19.9 Å². The van der Waals surface area contributed by atoms with Crippen molar-refractivity contribution in [3.63, 3.8) is 0 Å². The maximum atomic E-state index is 6.27. The summed E-state index contributed by atoms with van der Waals surface area (Å²) < 4.78 is 10.8. The lowest BCUT2D eigenvalue weighted by Crippen LogP contribution is -2.21. The zero-order valence-corrected chi connectivity index (χ0v) is 13.6. The molecular formula is C15H25ClN2O2. The lowest BCUT2D eigenvalue weighted by molar-refractivity contribution is 0.310. The van der Waals surface area contributed by atoms with Crippen LogP contribution in [0.3, 0.4) is 0 Å². The predicted molar refractivity (Wildman–Crippen MR) is 84.1 cm³/mol. The number of methoxy groups -OCH3 is 1. The number of benzene rings is 1. The van der Waals surface area contributed by atoms with Gasteiger partial charge in [-0.15, -0.1) is 0 Å². The molecule has 1 aromatic carbocycles. The van der Waals surface area contributed by atoms with Crippen molar-refractivity contribution in [2.75, 3.05) is 40.9 Å². The summed E-state index contributed by atoms with van der Waals surface area (Å²) in [5, 5.41) is 4.10. The molecule has 0 aliphatic heterocycles. The van der Waals surface area contributed by atoms with E-state index in [9.17, 15) is 0 Å². The van der Waals surface area contributed by atoms with E-state index in [0.717, 1.165) is 37.4 Å². The number of hydrogen-bond donors (Lipinski definition) is 1. The first-order valence-corrected chi connectivity index (χ1v) is 7.31. The van der Waals surface area contributed by atoms with E-state index in [1.165, 1.54) is 0 Å². The highest BCUT2D eigenvalue weighted by molar-refractivity contribution is 6.31. The predicted octanol–water partition coefficient (Wildman–Crippen LogP) is 2.79. The van der Waals surface area contributed by atoms with Gasteiger partial charge >= 0.3 is 0 Å². The van der Waals surface area contributed by atoms with Gasteiger partial charge in [-0.1, -0.05) is 11.6 Å². The van der Waals surface area contributed by atoms with Crippen molar-refractivity contribution < 1.29 is 9.47 Å². The molecule has 0 fully saturated rings. The number of nitrogens with zero attached hydrogens (tertiary/aromatic N) is 1. The smallest absolute Gasteiger partial charge is 0.162 e. The van der Waals surface area contributed by atoms with E-state index in [2.05, 4.69) is 24.3 Å². The molecule has 0 aliphatic carbocycles. The molecule has 0 radical (unpaired) electrons. The van der Waals surface area contributed by atoms with Crippen LogP contribution in [0.15, 0.2) is 12.1 Å². The number of ether oxygens (including phenoxy) is 2. The second-order valence-corrected chi connectivity index (χ2v) is 5.27. The van der Waals surface area contributed by atoms with E-state index >= 15 is 0 Å². The van der Waals surface area contributed by atoms with Gasteiger partial charge in [-0.3, -0.25) is 0 Å². The molecule has 4 nitrogen and oxygen atoms in total. The third-order valence-electron chi connectivity index (χ3n) is 2.91. The standard InChI is InChI=1S/C15H25ClN2O2/c1-5-20-15-10-13(16)12(9-14(15)19-4)11-17-7-6-8-18(2)3/h9-10,17H,5-8,11H2,1-4H3. The summed E-state index contributed by atoms with van der Waals surface area (Å²) in [6.45, 7) is 5.30. The van der Waals surface area contributed by atoms with E-state index in [1.807, 2.05) is 19.1 Å². The van der Waals surface area contributed by atoms with Crippen LogP contribution in [0.2, 0.25) is 5.02 Å². The topological polar surface area (TPSA) is 33.7 Å². The van der Waals surface area contributed by atoms with Gasteiger partial charge in [0, 0.05) is 17.6 Å². The van der Waals surface area contributed by atoms with Crippen LogP contribution in [-0.4, -0.2) is 45.8 Å². The van der Waals surface area contributed by atoms with E-state index < -0.39 is 0 Å². The van der Waals surface area contributed by atoms with Crippen molar-refractivity contribution in [3.8, 4) is 11.5 Å². The normalized spacial score (nSPS) is 10.9. The molecule has 0 saturated heterocycles. The fourth-order valence-electron chi connectivity index (χ4n) is 1.88. The second-order valence-electron chi connectivity index (χ2n) is 4.86. The zero-order valence-electron chi connectivity index (χ0n) is 12.8. The zero-order chi connectivity index (χ0) is 15.0. The number of rotatable bonds is 9. The van der Waals surface area contributed by atoms with E-state index in [1.54, 1.807) is 7.11 Å². The molecule has 0 amide bonds. The maximum absolute atomic E-state index is 6.27. The number of hydrogen-bond acceptors (Lipinski definition) is 4. The molecule has 0 unspecified atom stereocenters. The Hall–Kier alpha value is -0.970. The van der Waals surface area contributed by atoms with Gasteiger partial charge in [0.15, 0.2) is 11.5 Å². The molecule has 0 heterocycles. The molecule has 0 aromatic heterocycles. The summed E-state index contributed by atoms with van der Waals surface area (Å²) in [5.74, 6) is 1.41. The fraction of sp³-hybridized carbons (Fsp3) is 0.600. The molecule has 0 aliphatic rings. The summed E-state index contributed by atoms with van der Waals surface area (Å²) >= 11 is 6.27. The number of halogens is 1. The van der Waals surface area contributed by atoms with Crippen molar-refractivity contribution in [1.29, 1.82) is 0 Å². The van der Waals surface area contributed by atoms with Gasteiger partial charge < -0.3 is 19.7 Å². The Morgan fingerprint density at radius 1 is 1.25 bits per heavy atom. The first-order chi connectivity index (χ1) is 9.58. The van der Waals surface area contributed by atoms with E-state index in [-0.39, 0.29) is 0 Å². The third-order valence-corrected chi connectivity index (χ3v) is 3.26. The molecule has 0 atom stereocenters. The molecule has 1 rings (SSSR count). The van der Waals surface area contributed by atoms with Gasteiger partial charge in [0.1, 0.15) is 0 Å². The van der Waals surface area contributed by atoms with Crippen molar-refractivity contribution in [3.05, 3.63) is 22.7 Å². The van der Waals surface area contributed by atoms with Crippen LogP contribution in [0.5, 0.6) is 11.5 Å². The molecule has 114 valence electrons. The van der Waals surface area contributed by atoms with Crippen LogP contribution in [0.4, 0.5) is 0 Å². The highest BCUT2D eigenvalue weighted by Gasteiger charge is 2.10. The highest BCUT2D eigenvalue weighted by Crippen LogP contribution is 2.33. The van der Waals surface area contributed by atoms with Gasteiger partial charge in [-0.2, -0.15) is 0 Å². The highest BCUT2D eigenvalue weighted by atomic mass is 35.5. The molecule has 0 saturated carbocycles. The Balaban J connectivity index is 2.57. The summed E-state index contributed by atoms with van der Waals surface area (Å²) in [6.07, 6.45) is 1.11. The van der Waals surface area contributed by atoms with Crippen LogP contribution in [-0.2, 0) is 6.54 Å². The Morgan fingerprint density at radius 3 is 2.60 bits per heavy atom. The van der Waals surface area contributed by atoms with Gasteiger partial charge in [-0.05, 0) is 52.2 Å². The lowest BCUT2D eigenvalue weighted by Gasteiger charge is -2.14. The molecule has 0 bridgehead atoms. The van der Waals surface area contributed by atoms with Crippen molar-refractivity contribution in [1.82, 2.24) is 10.2 Å². The molecule has 1 N–H and O–H groups in total. The Bertz CT molecular complexity index is 411. The minimum atomic E-state index is 0.592. The average Bonchev–Trinajstić information content (AvgIpc) is 2.40. The Kier molecular flexibility index (Phi) is 7.73. The first-order valence-electron chi connectivity index (χ1n) is 6.93. The Morgan fingerprint density at radius 2 is 2.00 bits per heavy atom. The third kappa shape index (κ3) is 5.57. The number of nitrogens with one attached hydrogen (secondary N) is 1. The van der Waals surface area contributed by atoms with Gasteiger partial charge in [0.25, 0.3) is 0 Å². The summed E-state index contributed by atoms with van der Waals surface area (Å²) in [4.78, 5) is 2.18. The lowest BCUT2D eigenvalue weighted by atomic mass is 10.2. The van der Waals surface area contributed by atoms with Gasteiger partial charge in [0.05, 0.1) is 13.7 Å². The molecule has 0 spiro atoms. The minimum Gasteiger partial charge on any atom is -0.493 e. The van der Waals surface area contributed by atoms with E-state index in [4.69, 9.17) is 21.1 Å². The fourth-order valence-corrected chi connectivity index (χ4v) is 2.10. The van der Waals surface area contributed by atoms with Crippen LogP contribution < -0.4 is 14.8 Å². The summed E-state index contributed by atoms with van der Waals surface area (Å²) in [6, 6.07) is 3.76. The SMILES string of the molecule is CCOc1cc(Cl)c(CNCCCN(C)C)cc1OC. The van der Waals surface area contributed by atoms with Crippen LogP contribution in [0.25, 0.3) is 0 Å². The van der Waals surface area contributed by atoms with Crippen LogP contribution >= 0.6 is 11.6 Å². The summed E-state index contributed by atoms with van der Waals surface area (Å²) in [7, 11) is 5.79. The molecular weight excluding hydrogens is 276 g/mol. The quantitative estimate of drug-likeness (QED) is 0.711. The largest absolute Gasteiger partial charge is 0.493 e. The van der Waals surface area contributed by atoms with Gasteiger partial charge in [-0.25, -0.2) is 0 Å². The van der Waals surface area contributed by atoms with Crippen LogP contribution in [0.1, 0.15) is 18.9 Å². The monoisotopic (exact) mass is 300 g/mol. The molecule has 5 heteroatoms. The van der Waals surface area contributed by atoms with Crippen molar-refractivity contribution in [2.24, 2.45) is 0 Å².